The van der Waals surface area contributed by atoms with Crippen LogP contribution in [0, 0.1) is 13.8 Å². The third-order valence-corrected chi connectivity index (χ3v) is 4.08. The Morgan fingerprint density at radius 2 is 1.90 bits per heavy atom. The summed E-state index contributed by atoms with van der Waals surface area (Å²) >= 11 is 12.0. The van der Waals surface area contributed by atoms with E-state index in [1.54, 1.807) is 4.68 Å². The minimum atomic E-state index is -0.0734. The molecule has 0 saturated heterocycles. The molecule has 0 spiro atoms. The average molecular weight is 326 g/mol. The van der Waals surface area contributed by atoms with Gasteiger partial charge in [-0.3, -0.25) is 9.48 Å². The molecule has 0 fully saturated rings. The van der Waals surface area contributed by atoms with Crippen molar-refractivity contribution in [3.8, 4) is 0 Å². The van der Waals surface area contributed by atoms with E-state index in [-0.39, 0.29) is 5.91 Å². The van der Waals surface area contributed by atoms with Crippen LogP contribution in [-0.2, 0) is 6.54 Å². The summed E-state index contributed by atoms with van der Waals surface area (Å²) in [7, 11) is 0. The molecule has 0 saturated carbocycles. The average Bonchev–Trinajstić information content (AvgIpc) is 2.71. The zero-order valence-corrected chi connectivity index (χ0v) is 13.5. The summed E-state index contributed by atoms with van der Waals surface area (Å²) in [6, 6.07) is 7.47. The summed E-state index contributed by atoms with van der Waals surface area (Å²) < 4.78 is 1.65. The van der Waals surface area contributed by atoms with Gasteiger partial charge >= 0.3 is 0 Å². The van der Waals surface area contributed by atoms with E-state index in [9.17, 15) is 4.79 Å². The van der Waals surface area contributed by atoms with Gasteiger partial charge in [-0.25, -0.2) is 0 Å². The first-order valence-corrected chi connectivity index (χ1v) is 7.48. The number of nitrogens with zero attached hydrogens (tertiary/aromatic N) is 2. The number of halogens is 2. The van der Waals surface area contributed by atoms with Crippen molar-refractivity contribution in [2.45, 2.75) is 26.8 Å². The molecule has 0 radical (unpaired) electrons. The highest BCUT2D eigenvalue weighted by atomic mass is 35.5. The Morgan fingerprint density at radius 1 is 1.24 bits per heavy atom. The smallest absolute Gasteiger partial charge is 0.251 e. The summed E-state index contributed by atoms with van der Waals surface area (Å²) in [5, 5.41) is 8.04. The summed E-state index contributed by atoms with van der Waals surface area (Å²) in [6.07, 6.45) is 0.731. The van der Waals surface area contributed by atoms with Crippen molar-refractivity contribution in [1.29, 1.82) is 0 Å². The van der Waals surface area contributed by atoms with Crippen molar-refractivity contribution < 1.29 is 4.79 Å². The molecule has 1 aromatic carbocycles. The lowest BCUT2D eigenvalue weighted by Gasteiger charge is -2.06. The van der Waals surface area contributed by atoms with Gasteiger partial charge in [0.25, 0.3) is 5.91 Å². The fraction of sp³-hybridized carbons (Fsp3) is 0.333. The second kappa shape index (κ2) is 6.96. The highest BCUT2D eigenvalue weighted by Gasteiger charge is 2.10. The molecule has 1 amide bonds. The Labute approximate surface area is 134 Å². The van der Waals surface area contributed by atoms with Crippen LogP contribution in [-0.4, -0.2) is 22.2 Å². The molecular formula is C15H17Cl2N3O. The van der Waals surface area contributed by atoms with E-state index in [1.807, 2.05) is 38.1 Å². The molecule has 112 valence electrons. The number of aryl methyl sites for hydroxylation is 3. The molecule has 0 aliphatic carbocycles. The van der Waals surface area contributed by atoms with Crippen LogP contribution < -0.4 is 5.32 Å². The molecule has 21 heavy (non-hydrogen) atoms. The third kappa shape index (κ3) is 3.99. The van der Waals surface area contributed by atoms with Crippen LogP contribution in [0.3, 0.4) is 0 Å². The molecule has 0 unspecified atom stereocenters. The first-order valence-electron chi connectivity index (χ1n) is 6.72. The molecule has 2 aromatic rings. The summed E-state index contributed by atoms with van der Waals surface area (Å²) in [5.74, 6) is -0.0734. The maximum atomic E-state index is 11.9. The molecule has 0 aliphatic heterocycles. The zero-order chi connectivity index (χ0) is 15.4. The molecule has 1 aromatic heterocycles. The summed E-state index contributed by atoms with van der Waals surface area (Å²) in [6.45, 7) is 4.96. The number of nitrogens with one attached hydrogen (secondary N) is 1. The highest BCUT2D eigenvalue weighted by Crippen LogP contribution is 2.24. The summed E-state index contributed by atoms with van der Waals surface area (Å²) in [4.78, 5) is 11.9. The molecule has 0 bridgehead atoms. The van der Waals surface area contributed by atoms with Gasteiger partial charge in [0.15, 0.2) is 0 Å². The number of carbonyl (C=O) groups is 1. The van der Waals surface area contributed by atoms with Crippen molar-refractivity contribution in [2.24, 2.45) is 0 Å². The SMILES string of the molecule is Cc1ccc(C(=O)NCCCn2nc(C)c(Cl)c2Cl)cc1. The molecule has 0 atom stereocenters. The Morgan fingerprint density at radius 3 is 2.48 bits per heavy atom. The van der Waals surface area contributed by atoms with Crippen LogP contribution in [0.4, 0.5) is 0 Å². The van der Waals surface area contributed by atoms with Crippen LogP contribution in [0.15, 0.2) is 24.3 Å². The second-order valence-corrected chi connectivity index (χ2v) is 5.62. The van der Waals surface area contributed by atoms with Gasteiger partial charge < -0.3 is 5.32 Å². The van der Waals surface area contributed by atoms with E-state index in [2.05, 4.69) is 10.4 Å². The van der Waals surface area contributed by atoms with E-state index in [0.29, 0.717) is 34.5 Å². The van der Waals surface area contributed by atoms with E-state index in [1.165, 1.54) is 0 Å². The highest BCUT2D eigenvalue weighted by molar-refractivity contribution is 6.41. The van der Waals surface area contributed by atoms with Gasteiger partial charge in [0.1, 0.15) is 10.2 Å². The third-order valence-electron chi connectivity index (χ3n) is 3.14. The van der Waals surface area contributed by atoms with Gasteiger partial charge in [-0.15, -0.1) is 0 Å². The molecule has 6 heteroatoms. The Bertz CT molecular complexity index is 635. The normalized spacial score (nSPS) is 10.7. The topological polar surface area (TPSA) is 46.9 Å². The maximum absolute atomic E-state index is 11.9. The number of benzene rings is 1. The molecule has 1 heterocycles. The van der Waals surface area contributed by atoms with E-state index >= 15 is 0 Å². The van der Waals surface area contributed by atoms with E-state index in [4.69, 9.17) is 23.2 Å². The lowest BCUT2D eigenvalue weighted by molar-refractivity contribution is 0.0952. The fourth-order valence-electron chi connectivity index (χ4n) is 1.92. The van der Waals surface area contributed by atoms with Crippen LogP contribution in [0.2, 0.25) is 10.2 Å². The van der Waals surface area contributed by atoms with Crippen LogP contribution in [0.25, 0.3) is 0 Å². The Kier molecular flexibility index (Phi) is 5.26. The van der Waals surface area contributed by atoms with Gasteiger partial charge in [0, 0.05) is 18.7 Å². The van der Waals surface area contributed by atoms with Crippen molar-refractivity contribution in [1.82, 2.24) is 15.1 Å². The quantitative estimate of drug-likeness (QED) is 0.853. The van der Waals surface area contributed by atoms with Gasteiger partial charge in [-0.05, 0) is 32.4 Å². The van der Waals surface area contributed by atoms with Crippen molar-refractivity contribution in [2.75, 3.05) is 6.54 Å². The van der Waals surface area contributed by atoms with Gasteiger partial charge in [0.05, 0.1) is 5.69 Å². The van der Waals surface area contributed by atoms with Crippen LogP contribution in [0.5, 0.6) is 0 Å². The monoisotopic (exact) mass is 325 g/mol. The molecular weight excluding hydrogens is 309 g/mol. The molecule has 1 N–H and O–H groups in total. The zero-order valence-electron chi connectivity index (χ0n) is 12.0. The molecule has 0 aliphatic rings. The molecule has 4 nitrogen and oxygen atoms in total. The van der Waals surface area contributed by atoms with E-state index < -0.39 is 0 Å². The standard InChI is InChI=1S/C15H17Cl2N3O/c1-10-4-6-12(7-5-10)15(21)18-8-3-9-20-14(17)13(16)11(2)19-20/h4-7H,3,8-9H2,1-2H3,(H,18,21). The predicted molar refractivity (Wildman–Crippen MR) is 85.1 cm³/mol. The van der Waals surface area contributed by atoms with Crippen LogP contribution >= 0.6 is 23.2 Å². The summed E-state index contributed by atoms with van der Waals surface area (Å²) in [5.41, 5.74) is 2.51. The number of amides is 1. The van der Waals surface area contributed by atoms with Crippen molar-refractivity contribution in [3.05, 3.63) is 51.3 Å². The lowest BCUT2D eigenvalue weighted by Crippen LogP contribution is -2.25. The lowest BCUT2D eigenvalue weighted by atomic mass is 10.1. The number of carbonyl (C=O) groups excluding carboxylic acids is 1. The Balaban J connectivity index is 1.80. The minimum Gasteiger partial charge on any atom is -0.352 e. The van der Waals surface area contributed by atoms with Gasteiger partial charge in [-0.2, -0.15) is 5.10 Å². The van der Waals surface area contributed by atoms with Crippen LogP contribution in [0.1, 0.15) is 28.0 Å². The van der Waals surface area contributed by atoms with Gasteiger partial charge in [-0.1, -0.05) is 40.9 Å². The maximum Gasteiger partial charge on any atom is 0.251 e. The second-order valence-electron chi connectivity index (χ2n) is 4.89. The van der Waals surface area contributed by atoms with Crippen molar-refractivity contribution in [3.63, 3.8) is 0 Å². The predicted octanol–water partition coefficient (Wildman–Crippen LogP) is 3.63. The minimum absolute atomic E-state index is 0.0734. The number of aromatic nitrogens is 2. The first-order chi connectivity index (χ1) is 9.99. The number of hydrogen-bond donors (Lipinski definition) is 1. The van der Waals surface area contributed by atoms with Crippen molar-refractivity contribution >= 4 is 29.1 Å². The Hall–Kier alpha value is -1.52. The molecule has 2 rings (SSSR count). The first kappa shape index (κ1) is 15.9. The number of hydrogen-bond acceptors (Lipinski definition) is 2. The fourth-order valence-corrected chi connectivity index (χ4v) is 2.31. The largest absolute Gasteiger partial charge is 0.352 e. The number of rotatable bonds is 5. The van der Waals surface area contributed by atoms with Gasteiger partial charge in [0.2, 0.25) is 0 Å². The van der Waals surface area contributed by atoms with E-state index in [0.717, 1.165) is 12.0 Å².